The van der Waals surface area contributed by atoms with Crippen LogP contribution >= 0.6 is 0 Å². The number of hydrogen-bond donors (Lipinski definition) is 3. The molecule has 4 N–H and O–H groups in total. The van der Waals surface area contributed by atoms with Crippen molar-refractivity contribution in [1.82, 2.24) is 4.72 Å². The Morgan fingerprint density at radius 1 is 1.39 bits per heavy atom. The van der Waals surface area contributed by atoms with Gasteiger partial charge in [-0.05, 0) is 49.4 Å². The molecule has 1 fully saturated rings. The van der Waals surface area contributed by atoms with Crippen LogP contribution in [0.4, 0.5) is 5.69 Å². The van der Waals surface area contributed by atoms with Crippen LogP contribution < -0.4 is 10.5 Å². The summed E-state index contributed by atoms with van der Waals surface area (Å²) in [6.45, 7) is 2.17. The summed E-state index contributed by atoms with van der Waals surface area (Å²) in [7, 11) is -3.51. The maximum atomic E-state index is 12.0. The first-order valence-electron chi connectivity index (χ1n) is 5.92. The molecule has 1 aliphatic rings. The predicted molar refractivity (Wildman–Crippen MR) is 69.5 cm³/mol. The molecule has 0 saturated heterocycles. The van der Waals surface area contributed by atoms with Crippen molar-refractivity contribution in [3.05, 3.63) is 23.8 Å². The van der Waals surface area contributed by atoms with Crippen LogP contribution in [0.3, 0.4) is 0 Å². The zero-order chi connectivity index (χ0) is 13.3. The lowest BCUT2D eigenvalue weighted by atomic mass is 9.83. The zero-order valence-corrected chi connectivity index (χ0v) is 11.1. The molecule has 0 spiro atoms. The van der Waals surface area contributed by atoms with E-state index in [9.17, 15) is 8.42 Å². The molecule has 0 atom stereocenters. The van der Waals surface area contributed by atoms with Crippen LogP contribution in [0.15, 0.2) is 23.1 Å². The van der Waals surface area contributed by atoms with E-state index in [1.165, 1.54) is 6.07 Å². The number of rotatable bonds is 4. The van der Waals surface area contributed by atoms with Crippen LogP contribution in [-0.4, -0.2) is 26.2 Å². The first-order chi connectivity index (χ1) is 8.37. The molecule has 0 bridgehead atoms. The molecule has 2 rings (SSSR count). The number of sulfonamides is 1. The Morgan fingerprint density at radius 3 is 2.61 bits per heavy atom. The molecule has 1 saturated carbocycles. The lowest BCUT2D eigenvalue weighted by Crippen LogP contribution is -2.38. The average molecular weight is 270 g/mol. The minimum Gasteiger partial charge on any atom is -0.399 e. The molecular weight excluding hydrogens is 252 g/mol. The van der Waals surface area contributed by atoms with Gasteiger partial charge in [-0.2, -0.15) is 0 Å². The van der Waals surface area contributed by atoms with Gasteiger partial charge in [0.15, 0.2) is 0 Å². The average Bonchev–Trinajstić information content (AvgIpc) is 2.21. The highest BCUT2D eigenvalue weighted by Gasteiger charge is 2.28. The first kappa shape index (κ1) is 13.3. The van der Waals surface area contributed by atoms with E-state index in [1.807, 2.05) is 0 Å². The van der Waals surface area contributed by atoms with E-state index in [0.29, 0.717) is 25.1 Å². The second-order valence-corrected chi connectivity index (χ2v) is 6.69. The molecule has 6 heteroatoms. The lowest BCUT2D eigenvalue weighted by Gasteiger charge is -2.31. The van der Waals surface area contributed by atoms with Gasteiger partial charge in [0, 0.05) is 12.2 Å². The molecule has 18 heavy (non-hydrogen) atoms. The minimum absolute atomic E-state index is 0.194. The van der Waals surface area contributed by atoms with Crippen molar-refractivity contribution in [2.75, 3.05) is 12.3 Å². The number of anilines is 1. The standard InChI is InChI=1S/C12H18N2O3S/c1-8-2-10(13)6-12(3-8)18(16,17)14-7-9-4-11(15)5-9/h2-3,6,9,11,14-15H,4-5,7,13H2,1H3. The van der Waals surface area contributed by atoms with Gasteiger partial charge in [-0.1, -0.05) is 0 Å². The van der Waals surface area contributed by atoms with E-state index in [0.717, 1.165) is 5.56 Å². The van der Waals surface area contributed by atoms with Crippen molar-refractivity contribution in [1.29, 1.82) is 0 Å². The van der Waals surface area contributed by atoms with Crippen LogP contribution in [0.25, 0.3) is 0 Å². The predicted octanol–water partition coefficient (Wildman–Crippen LogP) is 0.626. The van der Waals surface area contributed by atoms with Crippen LogP contribution in [-0.2, 0) is 10.0 Å². The molecule has 1 aromatic carbocycles. The Hall–Kier alpha value is -1.11. The van der Waals surface area contributed by atoms with E-state index < -0.39 is 10.0 Å². The van der Waals surface area contributed by atoms with E-state index in [1.54, 1.807) is 19.1 Å². The molecule has 1 aromatic rings. The SMILES string of the molecule is Cc1cc(N)cc(S(=O)(=O)NCC2CC(O)C2)c1. The van der Waals surface area contributed by atoms with Gasteiger partial charge >= 0.3 is 0 Å². The van der Waals surface area contributed by atoms with Crippen LogP contribution in [0.1, 0.15) is 18.4 Å². The zero-order valence-electron chi connectivity index (χ0n) is 10.3. The Bertz CT molecular complexity index is 516. The number of nitrogens with one attached hydrogen (secondary N) is 1. The third-order valence-electron chi connectivity index (χ3n) is 3.16. The van der Waals surface area contributed by atoms with Crippen molar-refractivity contribution in [3.63, 3.8) is 0 Å². The van der Waals surface area contributed by atoms with Crippen molar-refractivity contribution in [2.45, 2.75) is 30.8 Å². The Morgan fingerprint density at radius 2 is 2.06 bits per heavy atom. The summed E-state index contributed by atoms with van der Waals surface area (Å²) in [6, 6.07) is 4.76. The second-order valence-electron chi connectivity index (χ2n) is 4.92. The highest BCUT2D eigenvalue weighted by atomic mass is 32.2. The number of aliphatic hydroxyl groups is 1. The summed E-state index contributed by atoms with van der Waals surface area (Å²) in [6.07, 6.45) is 1.06. The van der Waals surface area contributed by atoms with Gasteiger partial charge in [0.1, 0.15) is 0 Å². The third-order valence-corrected chi connectivity index (χ3v) is 4.56. The van der Waals surface area contributed by atoms with E-state index in [4.69, 9.17) is 10.8 Å². The fourth-order valence-corrected chi connectivity index (χ4v) is 3.36. The normalized spacial score (nSPS) is 23.7. The molecule has 1 aliphatic carbocycles. The molecule has 0 aromatic heterocycles. The molecule has 0 heterocycles. The van der Waals surface area contributed by atoms with Gasteiger partial charge in [-0.15, -0.1) is 0 Å². The monoisotopic (exact) mass is 270 g/mol. The number of nitrogens with two attached hydrogens (primary N) is 1. The number of aliphatic hydroxyl groups excluding tert-OH is 1. The summed E-state index contributed by atoms with van der Waals surface area (Å²) in [5, 5.41) is 9.14. The van der Waals surface area contributed by atoms with Gasteiger partial charge in [-0.25, -0.2) is 13.1 Å². The van der Waals surface area contributed by atoms with Crippen molar-refractivity contribution in [3.8, 4) is 0 Å². The molecule has 0 aliphatic heterocycles. The molecule has 0 amide bonds. The fraction of sp³-hybridized carbons (Fsp3) is 0.500. The molecule has 5 nitrogen and oxygen atoms in total. The van der Waals surface area contributed by atoms with Gasteiger partial charge < -0.3 is 10.8 Å². The maximum Gasteiger partial charge on any atom is 0.240 e. The molecular formula is C12H18N2O3S. The highest BCUT2D eigenvalue weighted by molar-refractivity contribution is 7.89. The van der Waals surface area contributed by atoms with Crippen LogP contribution in [0.5, 0.6) is 0 Å². The summed E-state index contributed by atoms with van der Waals surface area (Å²) in [4.78, 5) is 0.194. The molecule has 0 unspecified atom stereocenters. The molecule has 0 radical (unpaired) electrons. The first-order valence-corrected chi connectivity index (χ1v) is 7.40. The Labute approximate surface area is 107 Å². The smallest absolute Gasteiger partial charge is 0.240 e. The quantitative estimate of drug-likeness (QED) is 0.700. The fourth-order valence-electron chi connectivity index (χ4n) is 2.11. The number of benzene rings is 1. The summed E-state index contributed by atoms with van der Waals surface area (Å²) >= 11 is 0. The van der Waals surface area contributed by atoms with E-state index >= 15 is 0 Å². The van der Waals surface area contributed by atoms with Crippen molar-refractivity contribution in [2.24, 2.45) is 5.92 Å². The van der Waals surface area contributed by atoms with Gasteiger partial charge in [0.2, 0.25) is 10.0 Å². The van der Waals surface area contributed by atoms with E-state index in [2.05, 4.69) is 4.72 Å². The topological polar surface area (TPSA) is 92.4 Å². The largest absolute Gasteiger partial charge is 0.399 e. The lowest BCUT2D eigenvalue weighted by molar-refractivity contribution is 0.0453. The highest BCUT2D eigenvalue weighted by Crippen LogP contribution is 2.26. The second kappa shape index (κ2) is 4.87. The van der Waals surface area contributed by atoms with Crippen molar-refractivity contribution >= 4 is 15.7 Å². The summed E-state index contributed by atoms with van der Waals surface area (Å²) in [5.41, 5.74) is 6.90. The summed E-state index contributed by atoms with van der Waals surface area (Å²) < 4.78 is 26.6. The van der Waals surface area contributed by atoms with E-state index in [-0.39, 0.29) is 16.9 Å². The minimum atomic E-state index is -3.51. The Balaban J connectivity index is 2.05. The molecule has 100 valence electrons. The van der Waals surface area contributed by atoms with Gasteiger partial charge in [0.05, 0.1) is 11.0 Å². The maximum absolute atomic E-state index is 12.0. The summed E-state index contributed by atoms with van der Waals surface area (Å²) in [5.74, 6) is 0.233. The van der Waals surface area contributed by atoms with Crippen molar-refractivity contribution < 1.29 is 13.5 Å². The number of hydrogen-bond acceptors (Lipinski definition) is 4. The van der Waals surface area contributed by atoms with Crippen LogP contribution in [0.2, 0.25) is 0 Å². The number of aryl methyl sites for hydroxylation is 1. The van der Waals surface area contributed by atoms with Crippen LogP contribution in [0, 0.1) is 12.8 Å². The van der Waals surface area contributed by atoms with Gasteiger partial charge in [-0.3, -0.25) is 0 Å². The Kier molecular flexibility index (Phi) is 3.61. The third kappa shape index (κ3) is 3.01. The number of nitrogen functional groups attached to an aromatic ring is 1. The van der Waals surface area contributed by atoms with Gasteiger partial charge in [0.25, 0.3) is 0 Å².